The quantitative estimate of drug-likeness (QED) is 0.262. The average molecular weight is 440 g/mol. The minimum Gasteiger partial charge on any atom is -0.440 e. The Balaban J connectivity index is 1.37. The standard InChI is InChI=1S/C26H35N2O2S/c1-2-3-7-16-27(23-10-5-4-6-11-23)26(29)30-25-21-28(18-14-22(25)15-19-28)17-8-12-24-13-9-20-31-24/h2,4-6,9-11,13,20,22,25H,1,3,7-8,12,14-19,21H2/q+1/t22?,25-,28?/m0/s1. The van der Waals surface area contributed by atoms with Gasteiger partial charge < -0.3 is 9.22 Å². The molecule has 2 aromatic rings. The largest absolute Gasteiger partial charge is 0.440 e. The van der Waals surface area contributed by atoms with Gasteiger partial charge in [0.1, 0.15) is 6.54 Å². The van der Waals surface area contributed by atoms with Crippen LogP contribution < -0.4 is 4.90 Å². The maximum absolute atomic E-state index is 13.2. The van der Waals surface area contributed by atoms with Crippen molar-refractivity contribution in [3.8, 4) is 0 Å². The number of ether oxygens (including phenoxy) is 1. The summed E-state index contributed by atoms with van der Waals surface area (Å²) in [6.45, 7) is 9.13. The lowest BCUT2D eigenvalue weighted by atomic mass is 9.83. The van der Waals surface area contributed by atoms with E-state index in [-0.39, 0.29) is 12.2 Å². The molecule has 0 aliphatic carbocycles. The van der Waals surface area contributed by atoms with Crippen molar-refractivity contribution in [1.82, 2.24) is 0 Å². The summed E-state index contributed by atoms with van der Waals surface area (Å²) in [5.41, 5.74) is 0.915. The SMILES string of the molecule is C=CCCCN(C(=O)O[C@H]1C[N+]2(CCCc3cccs3)CCC1CC2)c1ccccc1. The average Bonchev–Trinajstić information content (AvgIpc) is 3.31. The number of carbonyl (C=O) groups is 1. The molecule has 1 aromatic carbocycles. The monoisotopic (exact) mass is 439 g/mol. The van der Waals surface area contributed by atoms with Crippen molar-refractivity contribution in [2.75, 3.05) is 37.6 Å². The van der Waals surface area contributed by atoms with Gasteiger partial charge >= 0.3 is 6.09 Å². The highest BCUT2D eigenvalue weighted by molar-refractivity contribution is 7.09. The van der Waals surface area contributed by atoms with E-state index in [1.165, 1.54) is 43.8 Å². The molecule has 4 nitrogen and oxygen atoms in total. The highest BCUT2D eigenvalue weighted by atomic mass is 32.1. The first-order chi connectivity index (χ1) is 15.2. The molecule has 5 heteroatoms. The number of nitrogens with zero attached hydrogens (tertiary/aromatic N) is 2. The van der Waals surface area contributed by atoms with Crippen LogP contribution in [0, 0.1) is 5.92 Å². The lowest BCUT2D eigenvalue weighted by molar-refractivity contribution is -0.946. The Hall–Kier alpha value is -2.11. The van der Waals surface area contributed by atoms with Crippen LogP contribution in [-0.4, -0.2) is 49.4 Å². The molecule has 31 heavy (non-hydrogen) atoms. The summed E-state index contributed by atoms with van der Waals surface area (Å²) in [7, 11) is 0. The second-order valence-electron chi connectivity index (χ2n) is 9.06. The molecular weight excluding hydrogens is 404 g/mol. The number of aryl methyl sites for hydroxylation is 1. The van der Waals surface area contributed by atoms with Crippen molar-refractivity contribution in [2.45, 2.75) is 44.6 Å². The van der Waals surface area contributed by atoms with Gasteiger partial charge in [-0.25, -0.2) is 4.79 Å². The van der Waals surface area contributed by atoms with Gasteiger partial charge in [-0.1, -0.05) is 30.3 Å². The molecule has 3 saturated heterocycles. The van der Waals surface area contributed by atoms with E-state index in [0.717, 1.165) is 36.0 Å². The minimum absolute atomic E-state index is 0.0438. The highest BCUT2D eigenvalue weighted by Gasteiger charge is 2.47. The van der Waals surface area contributed by atoms with Crippen LogP contribution in [0.5, 0.6) is 0 Å². The zero-order valence-electron chi connectivity index (χ0n) is 18.5. The van der Waals surface area contributed by atoms with E-state index in [1.54, 1.807) is 0 Å². The first kappa shape index (κ1) is 22.1. The fourth-order valence-corrected chi connectivity index (χ4v) is 5.98. The number of carbonyl (C=O) groups excluding carboxylic acids is 1. The zero-order chi connectivity index (χ0) is 21.5. The molecule has 0 saturated carbocycles. The first-order valence-corrected chi connectivity index (χ1v) is 12.6. The van der Waals surface area contributed by atoms with Gasteiger partial charge in [-0.15, -0.1) is 17.9 Å². The maximum atomic E-state index is 13.2. The van der Waals surface area contributed by atoms with Crippen molar-refractivity contribution in [1.29, 1.82) is 0 Å². The molecule has 1 aromatic heterocycles. The van der Waals surface area contributed by atoms with Crippen LogP contribution in [0.25, 0.3) is 0 Å². The third kappa shape index (κ3) is 5.58. The molecular formula is C26H35N2O2S+. The normalized spacial score (nSPS) is 24.6. The van der Waals surface area contributed by atoms with Gasteiger partial charge in [0.25, 0.3) is 0 Å². The Morgan fingerprint density at radius 3 is 2.68 bits per heavy atom. The summed E-state index contributed by atoms with van der Waals surface area (Å²) in [4.78, 5) is 16.5. The number of hydrogen-bond donors (Lipinski definition) is 0. The molecule has 1 atom stereocenters. The van der Waals surface area contributed by atoms with Crippen molar-refractivity contribution in [3.05, 3.63) is 65.4 Å². The minimum atomic E-state index is -0.189. The summed E-state index contributed by atoms with van der Waals surface area (Å²) in [6.07, 6.45) is 8.29. The molecule has 3 fully saturated rings. The molecule has 3 aliphatic rings. The number of benzene rings is 1. The number of fused-ring (bicyclic) bond motifs is 3. The van der Waals surface area contributed by atoms with Crippen LogP contribution >= 0.6 is 11.3 Å². The van der Waals surface area contributed by atoms with Gasteiger partial charge in [0.2, 0.25) is 0 Å². The van der Waals surface area contributed by atoms with Crippen LogP contribution in [0.3, 0.4) is 0 Å². The Bertz CT molecular complexity index is 828. The number of allylic oxidation sites excluding steroid dienone is 1. The van der Waals surface area contributed by atoms with E-state index >= 15 is 0 Å². The van der Waals surface area contributed by atoms with E-state index in [4.69, 9.17) is 4.74 Å². The third-order valence-electron chi connectivity index (χ3n) is 7.01. The number of rotatable bonds is 10. The predicted octanol–water partition coefficient (Wildman–Crippen LogP) is 5.90. The summed E-state index contributed by atoms with van der Waals surface area (Å²) in [5.74, 6) is 0.520. The van der Waals surface area contributed by atoms with Gasteiger partial charge in [-0.05, 0) is 42.8 Å². The zero-order valence-corrected chi connectivity index (χ0v) is 19.3. The van der Waals surface area contributed by atoms with Crippen LogP contribution in [-0.2, 0) is 11.2 Å². The van der Waals surface area contributed by atoms with E-state index in [9.17, 15) is 4.79 Å². The second kappa shape index (κ2) is 10.5. The lowest BCUT2D eigenvalue weighted by Gasteiger charge is -2.52. The number of quaternary nitrogens is 1. The maximum Gasteiger partial charge on any atom is 0.414 e. The molecule has 3 aliphatic heterocycles. The molecule has 2 bridgehead atoms. The van der Waals surface area contributed by atoms with Gasteiger partial charge in [-0.3, -0.25) is 4.90 Å². The van der Waals surface area contributed by atoms with Crippen molar-refractivity contribution < 1.29 is 14.0 Å². The van der Waals surface area contributed by atoms with Gasteiger partial charge in [0.15, 0.2) is 6.10 Å². The topological polar surface area (TPSA) is 29.5 Å². The molecule has 0 spiro atoms. The lowest BCUT2D eigenvalue weighted by Crippen LogP contribution is -2.65. The molecule has 0 unspecified atom stereocenters. The molecule has 166 valence electrons. The molecule has 5 rings (SSSR count). The third-order valence-corrected chi connectivity index (χ3v) is 7.94. The Morgan fingerprint density at radius 2 is 1.97 bits per heavy atom. The number of hydrogen-bond acceptors (Lipinski definition) is 3. The fraction of sp³-hybridized carbons (Fsp3) is 0.500. The van der Waals surface area contributed by atoms with Crippen LogP contribution in [0.15, 0.2) is 60.5 Å². The van der Waals surface area contributed by atoms with Crippen LogP contribution in [0.4, 0.5) is 10.5 Å². The number of anilines is 1. The summed E-state index contributed by atoms with van der Waals surface area (Å²) in [6, 6.07) is 14.3. The Labute approximate surface area is 190 Å². The number of piperidine rings is 3. The predicted molar refractivity (Wildman–Crippen MR) is 129 cm³/mol. The number of amides is 1. The van der Waals surface area contributed by atoms with Gasteiger partial charge in [-0.2, -0.15) is 0 Å². The van der Waals surface area contributed by atoms with E-state index in [1.807, 2.05) is 52.6 Å². The molecule has 0 radical (unpaired) electrons. The number of para-hydroxylation sites is 1. The summed E-state index contributed by atoms with van der Waals surface area (Å²) < 4.78 is 7.32. The fourth-order valence-electron chi connectivity index (χ4n) is 5.23. The van der Waals surface area contributed by atoms with E-state index < -0.39 is 0 Å². The molecule has 4 heterocycles. The number of unbranched alkanes of at least 4 members (excludes halogenated alkanes) is 1. The van der Waals surface area contributed by atoms with Crippen molar-refractivity contribution in [2.24, 2.45) is 5.92 Å². The van der Waals surface area contributed by atoms with Crippen molar-refractivity contribution >= 4 is 23.1 Å². The van der Waals surface area contributed by atoms with Gasteiger partial charge in [0.05, 0.1) is 19.6 Å². The Kier molecular flexibility index (Phi) is 7.46. The highest BCUT2D eigenvalue weighted by Crippen LogP contribution is 2.36. The van der Waals surface area contributed by atoms with E-state index in [0.29, 0.717) is 12.5 Å². The van der Waals surface area contributed by atoms with Crippen LogP contribution in [0.2, 0.25) is 0 Å². The molecule has 0 N–H and O–H groups in total. The summed E-state index contributed by atoms with van der Waals surface area (Å²) >= 11 is 1.86. The molecule has 1 amide bonds. The summed E-state index contributed by atoms with van der Waals surface area (Å²) in [5, 5.41) is 2.16. The Morgan fingerprint density at radius 1 is 1.16 bits per heavy atom. The first-order valence-electron chi connectivity index (χ1n) is 11.7. The number of thiophene rings is 1. The van der Waals surface area contributed by atoms with Crippen molar-refractivity contribution in [3.63, 3.8) is 0 Å². The smallest absolute Gasteiger partial charge is 0.414 e. The van der Waals surface area contributed by atoms with E-state index in [2.05, 4.69) is 24.1 Å². The second-order valence-corrected chi connectivity index (χ2v) is 10.1. The van der Waals surface area contributed by atoms with Crippen LogP contribution in [0.1, 0.15) is 37.0 Å². The van der Waals surface area contributed by atoms with Gasteiger partial charge in [0, 0.05) is 42.3 Å².